The van der Waals surface area contributed by atoms with Gasteiger partial charge in [0, 0.05) is 13.0 Å². The minimum Gasteiger partial charge on any atom is -0.406 e. The van der Waals surface area contributed by atoms with Crippen LogP contribution in [0.25, 0.3) is 0 Å². The number of amides is 1. The molecule has 2 rings (SSSR count). The Morgan fingerprint density at radius 3 is 2.58 bits per heavy atom. The maximum absolute atomic E-state index is 12.0. The summed E-state index contributed by atoms with van der Waals surface area (Å²) in [5.41, 5.74) is 0.847. The maximum atomic E-state index is 12.0. The molecule has 0 bridgehead atoms. The normalized spacial score (nSPS) is 17.2. The monoisotopic (exact) mass is 366 g/mol. The van der Waals surface area contributed by atoms with Crippen LogP contribution >= 0.6 is 12.4 Å². The quantitative estimate of drug-likeness (QED) is 0.779. The molecule has 1 saturated heterocycles. The van der Waals surface area contributed by atoms with Crippen LogP contribution in [-0.4, -0.2) is 31.9 Å². The zero-order valence-corrected chi connectivity index (χ0v) is 14.0. The van der Waals surface area contributed by atoms with Crippen molar-refractivity contribution in [3.63, 3.8) is 0 Å². The fraction of sp³-hybridized carbons (Fsp3) is 0.562. The second-order valence-electron chi connectivity index (χ2n) is 5.69. The minimum atomic E-state index is -4.68. The zero-order valence-electron chi connectivity index (χ0n) is 13.2. The molecular formula is C16H22ClF3N2O2. The fourth-order valence-corrected chi connectivity index (χ4v) is 2.59. The van der Waals surface area contributed by atoms with Crippen LogP contribution in [0.3, 0.4) is 0 Å². The van der Waals surface area contributed by atoms with Gasteiger partial charge >= 0.3 is 6.36 Å². The van der Waals surface area contributed by atoms with Crippen LogP contribution in [-0.2, 0) is 11.2 Å². The molecule has 0 aliphatic carbocycles. The van der Waals surface area contributed by atoms with Crippen LogP contribution in [0.4, 0.5) is 13.2 Å². The molecule has 8 heteroatoms. The van der Waals surface area contributed by atoms with E-state index in [1.165, 1.54) is 12.1 Å². The van der Waals surface area contributed by atoms with Crippen molar-refractivity contribution in [1.29, 1.82) is 0 Å². The van der Waals surface area contributed by atoms with E-state index in [0.29, 0.717) is 25.3 Å². The molecule has 1 aromatic carbocycles. The van der Waals surface area contributed by atoms with Gasteiger partial charge in [0.05, 0.1) is 0 Å². The van der Waals surface area contributed by atoms with E-state index >= 15 is 0 Å². The lowest BCUT2D eigenvalue weighted by molar-refractivity contribution is -0.274. The first kappa shape index (κ1) is 20.6. The standard InChI is InChI=1S/C16H21F3N2O2.ClH/c17-16(18,19)23-14-4-1-12(2-5-14)8-10-21-15(22)6-3-13-7-9-20-11-13;/h1-2,4-5,13,20H,3,6-11H2,(H,21,22);1H. The molecular weight excluding hydrogens is 345 g/mol. The molecule has 0 radical (unpaired) electrons. The van der Waals surface area contributed by atoms with E-state index in [9.17, 15) is 18.0 Å². The molecule has 1 fully saturated rings. The largest absolute Gasteiger partial charge is 0.573 e. The predicted octanol–water partition coefficient (Wildman–Crippen LogP) is 3.06. The lowest BCUT2D eigenvalue weighted by atomic mass is 10.0. The Morgan fingerprint density at radius 1 is 1.29 bits per heavy atom. The number of halogens is 4. The highest BCUT2D eigenvalue weighted by Crippen LogP contribution is 2.22. The van der Waals surface area contributed by atoms with E-state index in [-0.39, 0.29) is 24.1 Å². The van der Waals surface area contributed by atoms with E-state index in [1.54, 1.807) is 12.1 Å². The molecule has 1 unspecified atom stereocenters. The van der Waals surface area contributed by atoms with Gasteiger partial charge in [0.15, 0.2) is 0 Å². The van der Waals surface area contributed by atoms with Gasteiger partial charge in [-0.15, -0.1) is 25.6 Å². The lowest BCUT2D eigenvalue weighted by Gasteiger charge is -2.10. The summed E-state index contributed by atoms with van der Waals surface area (Å²) in [4.78, 5) is 11.7. The molecule has 2 N–H and O–H groups in total. The number of carbonyl (C=O) groups excluding carboxylic acids is 1. The van der Waals surface area contributed by atoms with Crippen LogP contribution in [0.2, 0.25) is 0 Å². The van der Waals surface area contributed by atoms with Gasteiger partial charge in [-0.3, -0.25) is 4.79 Å². The second kappa shape index (κ2) is 9.74. The summed E-state index contributed by atoms with van der Waals surface area (Å²) in [5.74, 6) is 0.367. The van der Waals surface area contributed by atoms with Gasteiger partial charge in [-0.1, -0.05) is 12.1 Å². The number of carbonyl (C=O) groups is 1. The summed E-state index contributed by atoms with van der Waals surface area (Å²) < 4.78 is 39.9. The third kappa shape index (κ3) is 7.88. The molecule has 1 aliphatic heterocycles. The number of nitrogens with one attached hydrogen (secondary N) is 2. The van der Waals surface area contributed by atoms with E-state index in [2.05, 4.69) is 15.4 Å². The Kier molecular flexibility index (Phi) is 8.35. The third-order valence-electron chi connectivity index (χ3n) is 3.83. The first-order valence-corrected chi connectivity index (χ1v) is 7.74. The number of alkyl halides is 3. The van der Waals surface area contributed by atoms with Crippen molar-refractivity contribution in [3.05, 3.63) is 29.8 Å². The number of rotatable bonds is 7. The van der Waals surface area contributed by atoms with Crippen LogP contribution < -0.4 is 15.4 Å². The number of hydrogen-bond donors (Lipinski definition) is 2. The van der Waals surface area contributed by atoms with E-state index in [4.69, 9.17) is 0 Å². The highest BCUT2D eigenvalue weighted by atomic mass is 35.5. The molecule has 1 amide bonds. The Hall–Kier alpha value is -1.47. The van der Waals surface area contributed by atoms with Crippen molar-refractivity contribution >= 4 is 18.3 Å². The molecule has 1 aromatic rings. The average Bonchev–Trinajstić information content (AvgIpc) is 2.99. The van der Waals surface area contributed by atoms with E-state index in [0.717, 1.165) is 31.5 Å². The molecule has 0 saturated carbocycles. The summed E-state index contributed by atoms with van der Waals surface area (Å²) in [6.07, 6.45) is -1.57. The molecule has 4 nitrogen and oxygen atoms in total. The van der Waals surface area contributed by atoms with Gasteiger partial charge in [-0.25, -0.2) is 0 Å². The summed E-state index contributed by atoms with van der Waals surface area (Å²) in [5, 5.41) is 6.10. The Labute approximate surface area is 145 Å². The molecule has 24 heavy (non-hydrogen) atoms. The minimum absolute atomic E-state index is 0. The third-order valence-corrected chi connectivity index (χ3v) is 3.83. The van der Waals surface area contributed by atoms with Crippen molar-refractivity contribution in [3.8, 4) is 5.75 Å². The van der Waals surface area contributed by atoms with E-state index in [1.807, 2.05) is 0 Å². The zero-order chi connectivity index (χ0) is 16.7. The van der Waals surface area contributed by atoms with Crippen molar-refractivity contribution in [2.45, 2.75) is 32.0 Å². The van der Waals surface area contributed by atoms with Gasteiger partial charge < -0.3 is 15.4 Å². The molecule has 1 aliphatic rings. The number of benzene rings is 1. The Balaban J connectivity index is 0.00000288. The fourth-order valence-electron chi connectivity index (χ4n) is 2.59. The topological polar surface area (TPSA) is 50.4 Å². The number of hydrogen-bond acceptors (Lipinski definition) is 3. The lowest BCUT2D eigenvalue weighted by Crippen LogP contribution is -2.26. The highest BCUT2D eigenvalue weighted by Gasteiger charge is 2.30. The predicted molar refractivity (Wildman–Crippen MR) is 87.3 cm³/mol. The summed E-state index contributed by atoms with van der Waals surface area (Å²) >= 11 is 0. The average molecular weight is 367 g/mol. The maximum Gasteiger partial charge on any atom is 0.573 e. The molecule has 1 atom stereocenters. The van der Waals surface area contributed by atoms with Crippen molar-refractivity contribution in [1.82, 2.24) is 10.6 Å². The SMILES string of the molecule is Cl.O=C(CCC1CCNC1)NCCc1ccc(OC(F)(F)F)cc1. The summed E-state index contributed by atoms with van der Waals surface area (Å²) in [6, 6.07) is 5.68. The Bertz CT molecular complexity index is 503. The summed E-state index contributed by atoms with van der Waals surface area (Å²) in [7, 11) is 0. The van der Waals surface area contributed by atoms with Gasteiger partial charge in [-0.05, 0) is 56.0 Å². The summed E-state index contributed by atoms with van der Waals surface area (Å²) in [6.45, 7) is 2.49. The van der Waals surface area contributed by atoms with Gasteiger partial charge in [0.25, 0.3) is 0 Å². The van der Waals surface area contributed by atoms with Crippen LogP contribution in [0.1, 0.15) is 24.8 Å². The number of ether oxygens (including phenoxy) is 1. The smallest absolute Gasteiger partial charge is 0.406 e. The Morgan fingerprint density at radius 2 is 2.00 bits per heavy atom. The molecule has 136 valence electrons. The van der Waals surface area contributed by atoms with Crippen LogP contribution in [0.15, 0.2) is 24.3 Å². The van der Waals surface area contributed by atoms with Crippen molar-refractivity contribution in [2.24, 2.45) is 5.92 Å². The highest BCUT2D eigenvalue weighted by molar-refractivity contribution is 5.85. The van der Waals surface area contributed by atoms with Crippen LogP contribution in [0, 0.1) is 5.92 Å². The van der Waals surface area contributed by atoms with Gasteiger partial charge in [0.2, 0.25) is 5.91 Å². The first-order valence-electron chi connectivity index (χ1n) is 7.74. The first-order chi connectivity index (χ1) is 10.9. The van der Waals surface area contributed by atoms with Crippen molar-refractivity contribution < 1.29 is 22.7 Å². The molecule has 0 spiro atoms. The molecule has 0 aromatic heterocycles. The van der Waals surface area contributed by atoms with E-state index < -0.39 is 6.36 Å². The molecule has 1 heterocycles. The van der Waals surface area contributed by atoms with Crippen LogP contribution in [0.5, 0.6) is 5.75 Å². The second-order valence-corrected chi connectivity index (χ2v) is 5.69. The van der Waals surface area contributed by atoms with Crippen molar-refractivity contribution in [2.75, 3.05) is 19.6 Å². The van der Waals surface area contributed by atoms with Gasteiger partial charge in [0.1, 0.15) is 5.75 Å². The van der Waals surface area contributed by atoms with Gasteiger partial charge in [-0.2, -0.15) is 0 Å².